The quantitative estimate of drug-likeness (QED) is 0.629. The Labute approximate surface area is 196 Å². The lowest BCUT2D eigenvalue weighted by molar-refractivity contribution is -0.120. The highest BCUT2D eigenvalue weighted by Gasteiger charge is 2.43. The van der Waals surface area contributed by atoms with Crippen LogP contribution in [0.5, 0.6) is 0 Å². The summed E-state index contributed by atoms with van der Waals surface area (Å²) >= 11 is 0. The fourth-order valence-electron chi connectivity index (χ4n) is 5.56. The van der Waals surface area contributed by atoms with Crippen LogP contribution in [0.1, 0.15) is 49.3 Å². The largest absolute Gasteiger partial charge is 0.372 e. The first-order chi connectivity index (χ1) is 15.9. The number of anilines is 2. The number of hydrogen-bond acceptors (Lipinski definition) is 4. The van der Waals surface area contributed by atoms with Crippen molar-refractivity contribution in [2.24, 2.45) is 5.92 Å². The number of aryl methyl sites for hydroxylation is 2. The molecule has 5 nitrogen and oxygen atoms in total. The van der Waals surface area contributed by atoms with Crippen LogP contribution >= 0.6 is 0 Å². The normalized spacial score (nSPS) is 21.5. The third kappa shape index (κ3) is 3.94. The van der Waals surface area contributed by atoms with Crippen LogP contribution in [0.3, 0.4) is 0 Å². The molecule has 2 amide bonds. The van der Waals surface area contributed by atoms with Gasteiger partial charge in [0.2, 0.25) is 0 Å². The van der Waals surface area contributed by atoms with Crippen LogP contribution < -0.4 is 9.80 Å². The summed E-state index contributed by atoms with van der Waals surface area (Å²) in [4.78, 5) is 33.6. The zero-order valence-corrected chi connectivity index (χ0v) is 19.9. The number of benzene rings is 2. The van der Waals surface area contributed by atoms with E-state index in [0.29, 0.717) is 22.9 Å². The van der Waals surface area contributed by atoms with E-state index in [1.807, 2.05) is 50.2 Å². The number of amides is 2. The molecule has 0 saturated carbocycles. The molecule has 3 heterocycles. The first kappa shape index (κ1) is 21.7. The van der Waals surface area contributed by atoms with Gasteiger partial charge in [-0.25, -0.2) is 4.90 Å². The van der Waals surface area contributed by atoms with E-state index in [2.05, 4.69) is 22.8 Å². The predicted molar refractivity (Wildman–Crippen MR) is 133 cm³/mol. The summed E-state index contributed by atoms with van der Waals surface area (Å²) in [5.74, 6) is 0.0930. The van der Waals surface area contributed by atoms with E-state index in [4.69, 9.17) is 0 Å². The summed E-state index contributed by atoms with van der Waals surface area (Å²) in [7, 11) is 0. The number of nitrogens with zero attached hydrogens (tertiary/aromatic N) is 3. The Morgan fingerprint density at radius 2 is 1.45 bits per heavy atom. The molecule has 1 atom stereocenters. The van der Waals surface area contributed by atoms with Crippen molar-refractivity contribution in [3.63, 3.8) is 0 Å². The monoisotopic (exact) mass is 443 g/mol. The Balaban J connectivity index is 1.55. The first-order valence-corrected chi connectivity index (χ1v) is 12.2. The van der Waals surface area contributed by atoms with Crippen molar-refractivity contribution < 1.29 is 9.59 Å². The lowest BCUT2D eigenvalue weighted by atomic mass is 9.95. The Morgan fingerprint density at radius 1 is 0.788 bits per heavy atom. The third-order valence-corrected chi connectivity index (χ3v) is 7.26. The van der Waals surface area contributed by atoms with Crippen molar-refractivity contribution in [1.82, 2.24) is 4.90 Å². The maximum Gasteiger partial charge on any atom is 0.282 e. The van der Waals surface area contributed by atoms with Crippen LogP contribution in [0.15, 0.2) is 48.2 Å². The molecule has 2 aromatic rings. The Bertz CT molecular complexity index is 1110. The first-order valence-electron chi connectivity index (χ1n) is 12.2. The van der Waals surface area contributed by atoms with Gasteiger partial charge < -0.3 is 9.80 Å². The van der Waals surface area contributed by atoms with E-state index >= 15 is 0 Å². The SMILES string of the molecule is Cc1ccc(C2=C(N3CCCC(C)C3)C(=O)N(c3ccc(N4CCCC4)cc3)C2=O)c(C)c1. The average molecular weight is 444 g/mol. The Morgan fingerprint density at radius 3 is 2.12 bits per heavy atom. The highest BCUT2D eigenvalue weighted by Crippen LogP contribution is 2.38. The van der Waals surface area contributed by atoms with E-state index in [-0.39, 0.29) is 11.8 Å². The van der Waals surface area contributed by atoms with E-state index in [1.165, 1.54) is 17.7 Å². The van der Waals surface area contributed by atoms with Gasteiger partial charge in [-0.15, -0.1) is 0 Å². The van der Waals surface area contributed by atoms with Crippen LogP contribution in [0.4, 0.5) is 11.4 Å². The number of carbonyl (C=O) groups is 2. The van der Waals surface area contributed by atoms with Gasteiger partial charge >= 0.3 is 0 Å². The molecule has 0 radical (unpaired) electrons. The van der Waals surface area contributed by atoms with Gasteiger partial charge in [0.15, 0.2) is 0 Å². The third-order valence-electron chi connectivity index (χ3n) is 7.26. The van der Waals surface area contributed by atoms with Crippen LogP contribution in [0, 0.1) is 19.8 Å². The van der Waals surface area contributed by atoms with E-state index in [1.54, 1.807) is 0 Å². The molecule has 0 N–H and O–H groups in total. The summed E-state index contributed by atoms with van der Waals surface area (Å²) < 4.78 is 0. The van der Waals surface area contributed by atoms with Gasteiger partial charge in [-0.05, 0) is 80.8 Å². The molecule has 0 aromatic heterocycles. The minimum atomic E-state index is -0.214. The maximum atomic E-state index is 13.8. The van der Waals surface area contributed by atoms with Gasteiger partial charge in [-0.1, -0.05) is 30.7 Å². The second kappa shape index (κ2) is 8.69. The average Bonchev–Trinajstić information content (AvgIpc) is 3.41. The number of hydrogen-bond donors (Lipinski definition) is 0. The topological polar surface area (TPSA) is 43.9 Å². The zero-order valence-electron chi connectivity index (χ0n) is 19.9. The number of piperidine rings is 1. The molecular formula is C28H33N3O2. The predicted octanol–water partition coefficient (Wildman–Crippen LogP) is 4.92. The highest BCUT2D eigenvalue weighted by molar-refractivity contribution is 6.45. The minimum Gasteiger partial charge on any atom is -0.372 e. The van der Waals surface area contributed by atoms with Crippen LogP contribution in [0.2, 0.25) is 0 Å². The number of imide groups is 1. The fourth-order valence-corrected chi connectivity index (χ4v) is 5.56. The summed E-state index contributed by atoms with van der Waals surface area (Å²) in [6.45, 7) is 10.1. The standard InChI is InChI=1S/C28H33N3O2/c1-19-8-13-24(21(3)17-19)25-26(30-16-6-7-20(2)18-30)28(33)31(27(25)32)23-11-9-22(10-12-23)29-14-4-5-15-29/h8-13,17,20H,4-7,14-16,18H2,1-3H3. The van der Waals surface area contributed by atoms with Crippen molar-refractivity contribution in [2.75, 3.05) is 36.0 Å². The molecule has 0 spiro atoms. The van der Waals surface area contributed by atoms with Crippen molar-refractivity contribution in [3.05, 3.63) is 64.9 Å². The van der Waals surface area contributed by atoms with E-state index < -0.39 is 0 Å². The summed E-state index contributed by atoms with van der Waals surface area (Å²) in [5, 5.41) is 0. The Hall–Kier alpha value is -3.08. The summed E-state index contributed by atoms with van der Waals surface area (Å²) in [6.07, 6.45) is 4.63. The number of carbonyl (C=O) groups excluding carboxylic acids is 2. The van der Waals surface area contributed by atoms with Crippen molar-refractivity contribution in [3.8, 4) is 0 Å². The maximum absolute atomic E-state index is 13.8. The highest BCUT2D eigenvalue weighted by atomic mass is 16.2. The van der Waals surface area contributed by atoms with Gasteiger partial charge in [0.05, 0.1) is 11.3 Å². The van der Waals surface area contributed by atoms with Gasteiger partial charge in [-0.2, -0.15) is 0 Å². The molecule has 5 rings (SSSR count). The summed E-state index contributed by atoms with van der Waals surface area (Å²) in [5.41, 5.74) is 5.97. The Kier molecular flexibility index (Phi) is 5.73. The molecule has 33 heavy (non-hydrogen) atoms. The second-order valence-electron chi connectivity index (χ2n) is 9.89. The molecule has 172 valence electrons. The van der Waals surface area contributed by atoms with Gasteiger partial charge in [-0.3, -0.25) is 9.59 Å². The molecule has 0 bridgehead atoms. The molecule has 2 aromatic carbocycles. The lowest BCUT2D eigenvalue weighted by Crippen LogP contribution is -2.39. The number of likely N-dealkylation sites (tertiary alicyclic amines) is 1. The van der Waals surface area contributed by atoms with Gasteiger partial charge in [0, 0.05) is 31.9 Å². The minimum absolute atomic E-state index is 0.196. The van der Waals surface area contributed by atoms with Crippen LogP contribution in [-0.2, 0) is 9.59 Å². The fraction of sp³-hybridized carbons (Fsp3) is 0.429. The molecular weight excluding hydrogens is 410 g/mol. The molecule has 5 heteroatoms. The van der Waals surface area contributed by atoms with Crippen LogP contribution in [0.25, 0.3) is 5.57 Å². The van der Waals surface area contributed by atoms with Crippen molar-refractivity contribution in [2.45, 2.75) is 46.5 Å². The van der Waals surface area contributed by atoms with Crippen molar-refractivity contribution >= 4 is 28.8 Å². The molecule has 0 aliphatic carbocycles. The molecule has 2 saturated heterocycles. The van der Waals surface area contributed by atoms with Crippen molar-refractivity contribution in [1.29, 1.82) is 0 Å². The molecule has 1 unspecified atom stereocenters. The lowest BCUT2D eigenvalue weighted by Gasteiger charge is -2.33. The van der Waals surface area contributed by atoms with E-state index in [0.717, 1.165) is 61.4 Å². The smallest absolute Gasteiger partial charge is 0.282 e. The molecule has 3 aliphatic heterocycles. The molecule has 2 fully saturated rings. The zero-order chi connectivity index (χ0) is 23.1. The van der Waals surface area contributed by atoms with Gasteiger partial charge in [0.1, 0.15) is 5.70 Å². The van der Waals surface area contributed by atoms with Crippen LogP contribution in [-0.4, -0.2) is 42.9 Å². The number of rotatable bonds is 4. The van der Waals surface area contributed by atoms with Gasteiger partial charge in [0.25, 0.3) is 11.8 Å². The summed E-state index contributed by atoms with van der Waals surface area (Å²) in [6, 6.07) is 14.0. The van der Waals surface area contributed by atoms with E-state index in [9.17, 15) is 9.59 Å². The second-order valence-corrected chi connectivity index (χ2v) is 9.89. The molecule has 3 aliphatic rings.